The second-order valence-corrected chi connectivity index (χ2v) is 27.4. The minimum absolute atomic E-state index is 0. The van der Waals surface area contributed by atoms with Crippen LogP contribution in [0, 0.1) is 120 Å². The number of rotatable bonds is 15. The monoisotopic (exact) mass is 1780 g/mol. The Hall–Kier alpha value is -8.67. The summed E-state index contributed by atoms with van der Waals surface area (Å²) in [5.74, 6) is 3.67. The third-order valence-electron chi connectivity index (χ3n) is 17.6. The summed E-state index contributed by atoms with van der Waals surface area (Å²) in [6.07, 6.45) is 17.0. The van der Waals surface area contributed by atoms with Gasteiger partial charge in [-0.3, -0.25) is 40.1 Å². The average molecular weight is 1780 g/mol. The molecule has 0 unspecified atom stereocenters. The third kappa shape index (κ3) is 33.8. The number of aromatic hydroxyl groups is 6. The molecule has 0 spiro atoms. The van der Waals surface area contributed by atoms with Crippen LogP contribution in [0.5, 0.6) is 51.7 Å². The topological polar surface area (TPSA) is 266 Å². The predicted molar refractivity (Wildman–Crippen MR) is 449 cm³/mol. The zero-order chi connectivity index (χ0) is 80.2. The number of nitro groups is 1. The molecule has 115 heavy (non-hydrogen) atoms. The Bertz CT molecular complexity index is 4960. The molecule has 6 N–H and O–H groups in total. The molecule has 24 heteroatoms. The van der Waals surface area contributed by atoms with Gasteiger partial charge in [-0.2, -0.15) is 0 Å². The Labute approximate surface area is 750 Å². The SMILES string of the molecule is CC=Nc1cc(C)cc(C)c1O.COc1cc(C=Nc2cc(C)cc(C)c2O)cc(OC)c1OC.Cc1cc(C)c(O)c(N=CC2CCCCC2)c1.Cc1cc(C)c(O)c(N=Cc2ccc([N+](=O)[O-])cc2)c1.Cc1ccc(C)c(C=Nc2cc(C)cc(C)c2O)c1.Cc1ccc(C=Nc2cc(C)cc(C)c2O)cc1.[V].[V].[V].[V].[V].[V]. The van der Waals surface area contributed by atoms with Crippen molar-refractivity contribution in [1.29, 1.82) is 0 Å². The van der Waals surface area contributed by atoms with Crippen molar-refractivity contribution in [3.63, 3.8) is 0 Å². The molecule has 1 aliphatic rings. The minimum atomic E-state index is -0.448. The number of non-ortho nitro benzene ring substituents is 1. The Morgan fingerprint density at radius 3 is 0.965 bits per heavy atom. The summed E-state index contributed by atoms with van der Waals surface area (Å²) in [4.78, 5) is 36.0. The Balaban J connectivity index is 0.00000135. The van der Waals surface area contributed by atoms with Crippen LogP contribution in [0.3, 0.4) is 0 Å². The summed E-state index contributed by atoms with van der Waals surface area (Å²) in [5, 5.41) is 70.0. The van der Waals surface area contributed by atoms with Crippen molar-refractivity contribution in [2.75, 3.05) is 21.3 Å². The molecule has 0 aliphatic heterocycles. The number of ether oxygens (including phenoxy) is 3. The van der Waals surface area contributed by atoms with E-state index in [1.165, 1.54) is 60.9 Å². The number of aliphatic imine (C=N–C) groups is 6. The molecule has 0 heterocycles. The fraction of sp³-hybridized carbons (Fsp3) is 0.275. The third-order valence-corrected chi connectivity index (χ3v) is 17.6. The molecule has 1 fully saturated rings. The Morgan fingerprint density at radius 1 is 0.339 bits per heavy atom. The van der Waals surface area contributed by atoms with Gasteiger partial charge < -0.3 is 44.8 Å². The van der Waals surface area contributed by atoms with Crippen molar-refractivity contribution in [2.24, 2.45) is 35.9 Å². The van der Waals surface area contributed by atoms with Crippen molar-refractivity contribution in [3.8, 4) is 51.7 Å². The van der Waals surface area contributed by atoms with Crippen molar-refractivity contribution in [2.45, 2.75) is 143 Å². The van der Waals surface area contributed by atoms with Crippen LogP contribution in [0.15, 0.2) is 182 Å². The molecule has 18 nitrogen and oxygen atoms in total. The van der Waals surface area contributed by atoms with Crippen molar-refractivity contribution in [3.05, 3.63) is 267 Å². The number of phenolic OH excluding ortho intramolecular Hbond substituents is 6. The molecule has 0 aromatic heterocycles. The standard InChI is InChI=1S/C18H21NO4.C17H19NO.C16H17NO.C15H14N2O3.C15H21NO.C10H13NO.6V/c1-11-6-12(2)17(20)14(7-11)19-10-13-8-15(21-3)18(23-5)16(9-13)22-4;1-11-5-6-13(3)15(8-11)10-18-16-9-12(2)7-14(4)17(16)19;1-11-4-6-14(7-5-11)10-17-15-9-12(2)8-13(3)16(15)18;1-10-7-11(2)15(18)14(8-10)16-9-12-3-5-13(6-4-12)17(19)20;1-11-8-12(2)15(17)14(9-11)16-10-13-6-4-3-5-7-13;1-4-11-9-6-7(2)5-8(3)10(9)12;;;;;;/h6-10,20H,1-5H3;5-10,19H,1-4H3;4-10,18H,1-3H3;3-9,18H,1-2H3;8-10,13,17H,3-7H2,1-2H3;4-6,12H,1-3H3;;;;;;. The number of hydrogen-bond donors (Lipinski definition) is 6. The van der Waals surface area contributed by atoms with E-state index in [1.807, 2.05) is 193 Å². The smallest absolute Gasteiger partial charge is 0.269 e. The van der Waals surface area contributed by atoms with Crippen LogP contribution in [0.4, 0.5) is 39.8 Å². The molecular weight excluding hydrogens is 1670 g/mol. The molecule has 0 amide bonds. The van der Waals surface area contributed by atoms with E-state index in [2.05, 4.69) is 68.9 Å². The number of methoxy groups -OCH3 is 3. The molecule has 0 bridgehead atoms. The molecule has 0 atom stereocenters. The second kappa shape index (κ2) is 52.8. The molecular formula is C91H105N7O11V6. The number of aryl methyl sites for hydroxylation is 15. The van der Waals surface area contributed by atoms with E-state index in [0.717, 1.165) is 89.0 Å². The maximum atomic E-state index is 10.6. The van der Waals surface area contributed by atoms with Gasteiger partial charge in [0, 0.05) is 166 Å². The Morgan fingerprint density at radius 2 is 0.643 bits per heavy atom. The van der Waals surface area contributed by atoms with Crippen molar-refractivity contribution < 1.29 is 161 Å². The molecule has 10 aromatic rings. The van der Waals surface area contributed by atoms with Crippen LogP contribution in [0.2, 0.25) is 0 Å². The van der Waals surface area contributed by atoms with E-state index in [4.69, 9.17) is 14.2 Å². The maximum Gasteiger partial charge on any atom is 0.269 e. The van der Waals surface area contributed by atoms with E-state index in [-0.39, 0.29) is 146 Å². The van der Waals surface area contributed by atoms with Crippen LogP contribution in [0.25, 0.3) is 0 Å². The first kappa shape index (κ1) is 106. The van der Waals surface area contributed by atoms with Crippen molar-refractivity contribution in [1.82, 2.24) is 0 Å². The number of benzene rings is 10. The van der Waals surface area contributed by atoms with E-state index >= 15 is 0 Å². The summed E-state index contributed by atoms with van der Waals surface area (Å²) >= 11 is 0. The summed E-state index contributed by atoms with van der Waals surface area (Å²) in [6.45, 7) is 31.1. The molecule has 1 aliphatic carbocycles. The summed E-state index contributed by atoms with van der Waals surface area (Å²) in [5.41, 5.74) is 22.4. The second-order valence-electron chi connectivity index (χ2n) is 27.4. The van der Waals surface area contributed by atoms with Gasteiger partial charge in [0.2, 0.25) is 5.75 Å². The first-order valence-electron chi connectivity index (χ1n) is 36.0. The first-order chi connectivity index (χ1) is 51.8. The predicted octanol–water partition coefficient (Wildman–Crippen LogP) is 22.9. The normalized spacial score (nSPS) is 11.4. The number of nitrogens with zero attached hydrogens (tertiary/aromatic N) is 7. The summed E-state index contributed by atoms with van der Waals surface area (Å²) < 4.78 is 15.9. The van der Waals surface area contributed by atoms with Crippen LogP contribution >= 0.6 is 0 Å². The fourth-order valence-electron chi connectivity index (χ4n) is 11.8. The van der Waals surface area contributed by atoms with Gasteiger partial charge in [-0.15, -0.1) is 0 Å². The molecule has 11 rings (SSSR count). The van der Waals surface area contributed by atoms with Gasteiger partial charge in [0.15, 0.2) is 11.5 Å². The van der Waals surface area contributed by atoms with Gasteiger partial charge in [0.25, 0.3) is 5.69 Å². The summed E-state index contributed by atoms with van der Waals surface area (Å²) in [6, 6.07) is 46.8. The van der Waals surface area contributed by atoms with E-state index < -0.39 is 4.92 Å². The fourth-order valence-corrected chi connectivity index (χ4v) is 11.8. The zero-order valence-electron chi connectivity index (χ0n) is 69.0. The first-order valence-corrected chi connectivity index (χ1v) is 36.0. The molecule has 0 saturated heterocycles. The van der Waals surface area contributed by atoms with Crippen molar-refractivity contribution >= 4 is 77.1 Å². The van der Waals surface area contributed by atoms with Crippen LogP contribution in [0.1, 0.15) is 145 Å². The minimum Gasteiger partial charge on any atom is -0.505 e. The van der Waals surface area contributed by atoms with Gasteiger partial charge in [-0.25, -0.2) is 0 Å². The zero-order valence-corrected chi connectivity index (χ0v) is 77.4. The Kier molecular flexibility index (Phi) is 48.8. The number of nitro benzene ring substituents is 1. The molecule has 6 radical (unpaired) electrons. The van der Waals surface area contributed by atoms with Crippen LogP contribution in [-0.2, 0) is 111 Å². The van der Waals surface area contributed by atoms with Crippen LogP contribution in [-0.4, -0.2) is 94.2 Å². The van der Waals surface area contributed by atoms with E-state index in [0.29, 0.717) is 63.0 Å². The average Bonchev–Trinajstić information content (AvgIpc) is 0.813. The van der Waals surface area contributed by atoms with E-state index in [9.17, 15) is 40.8 Å². The van der Waals surface area contributed by atoms with Crippen LogP contribution < -0.4 is 14.2 Å². The van der Waals surface area contributed by atoms with Gasteiger partial charge in [0.1, 0.15) is 68.6 Å². The number of phenols is 6. The molecule has 1 saturated carbocycles. The van der Waals surface area contributed by atoms with E-state index in [1.54, 1.807) is 76.5 Å². The molecule has 600 valence electrons. The maximum absolute atomic E-state index is 10.6. The number of hydrogen-bond acceptors (Lipinski definition) is 17. The quantitative estimate of drug-likeness (QED) is 0.0319. The molecule has 10 aromatic carbocycles. The van der Waals surface area contributed by atoms with Gasteiger partial charge in [-0.1, -0.05) is 109 Å². The largest absolute Gasteiger partial charge is 0.505 e. The van der Waals surface area contributed by atoms with Gasteiger partial charge in [0.05, 0.1) is 26.3 Å². The van der Waals surface area contributed by atoms with Gasteiger partial charge in [-0.05, 0) is 279 Å². The van der Waals surface area contributed by atoms with Gasteiger partial charge >= 0.3 is 0 Å². The summed E-state index contributed by atoms with van der Waals surface area (Å²) in [7, 11) is 4.68.